The van der Waals surface area contributed by atoms with Crippen molar-refractivity contribution in [1.29, 1.82) is 0 Å². The predicted octanol–water partition coefficient (Wildman–Crippen LogP) is 3.13. The van der Waals surface area contributed by atoms with Gasteiger partial charge in [0.2, 0.25) is 0 Å². The highest BCUT2D eigenvalue weighted by atomic mass is 35.5. The quantitative estimate of drug-likeness (QED) is 0.861. The first-order valence-corrected chi connectivity index (χ1v) is 8.23. The first kappa shape index (κ1) is 15.7. The Bertz CT molecular complexity index is 788. The Kier molecular flexibility index (Phi) is 4.50. The molecule has 0 saturated heterocycles. The molecule has 112 valence electrons. The van der Waals surface area contributed by atoms with Gasteiger partial charge in [-0.1, -0.05) is 17.7 Å². The molecule has 0 spiro atoms. The van der Waals surface area contributed by atoms with Gasteiger partial charge in [0.25, 0.3) is 10.0 Å². The lowest BCUT2D eigenvalue weighted by atomic mass is 10.3. The second kappa shape index (κ2) is 6.00. The summed E-state index contributed by atoms with van der Waals surface area (Å²) in [6.45, 7) is 0. The second-order valence-corrected chi connectivity index (χ2v) is 6.79. The first-order valence-electron chi connectivity index (χ1n) is 5.49. The van der Waals surface area contributed by atoms with E-state index in [9.17, 15) is 17.6 Å². The van der Waals surface area contributed by atoms with E-state index in [2.05, 4.69) is 9.46 Å². The van der Waals surface area contributed by atoms with Crippen molar-refractivity contribution < 1.29 is 22.3 Å². The lowest BCUT2D eigenvalue weighted by Crippen LogP contribution is -2.16. The van der Waals surface area contributed by atoms with Crippen LogP contribution in [0.4, 0.5) is 10.1 Å². The first-order chi connectivity index (χ1) is 9.86. The van der Waals surface area contributed by atoms with Gasteiger partial charge in [0.05, 0.1) is 17.8 Å². The molecule has 0 fully saturated rings. The number of hydrogen-bond donors (Lipinski definition) is 1. The average Bonchev–Trinajstić information content (AvgIpc) is 2.88. The molecular weight excluding hydrogens is 341 g/mol. The van der Waals surface area contributed by atoms with Crippen molar-refractivity contribution in [2.24, 2.45) is 0 Å². The number of sulfonamides is 1. The highest BCUT2D eigenvalue weighted by Gasteiger charge is 2.24. The maximum absolute atomic E-state index is 13.8. The molecule has 1 aromatic heterocycles. The molecule has 2 rings (SSSR count). The van der Waals surface area contributed by atoms with Crippen molar-refractivity contribution in [2.75, 3.05) is 11.8 Å². The van der Waals surface area contributed by atoms with E-state index in [-0.39, 0.29) is 15.6 Å². The van der Waals surface area contributed by atoms with Gasteiger partial charge < -0.3 is 4.74 Å². The topological polar surface area (TPSA) is 72.5 Å². The Hall–Kier alpha value is -1.64. The minimum Gasteiger partial charge on any atom is -0.465 e. The van der Waals surface area contributed by atoms with Crippen molar-refractivity contribution >= 4 is 44.6 Å². The van der Waals surface area contributed by atoms with E-state index in [0.29, 0.717) is 0 Å². The Morgan fingerprint density at radius 1 is 1.38 bits per heavy atom. The predicted molar refractivity (Wildman–Crippen MR) is 77.9 cm³/mol. The smallest absolute Gasteiger partial charge is 0.350 e. The molecule has 21 heavy (non-hydrogen) atoms. The number of hydrogen-bond acceptors (Lipinski definition) is 5. The number of halogens is 2. The molecule has 0 amide bonds. The van der Waals surface area contributed by atoms with E-state index in [1.54, 1.807) is 0 Å². The van der Waals surface area contributed by atoms with Crippen LogP contribution in [0.2, 0.25) is 5.02 Å². The fraction of sp³-hybridized carbons (Fsp3) is 0.0833. The molecule has 2 aromatic rings. The third kappa shape index (κ3) is 3.17. The molecule has 0 aliphatic carbocycles. The molecule has 0 radical (unpaired) electrons. The number of thiophene rings is 1. The van der Waals surface area contributed by atoms with Gasteiger partial charge in [-0.2, -0.15) is 0 Å². The molecule has 0 atom stereocenters. The molecular formula is C12H9ClFNO4S2. The van der Waals surface area contributed by atoms with Crippen molar-refractivity contribution in [3.63, 3.8) is 0 Å². The zero-order valence-electron chi connectivity index (χ0n) is 10.6. The fourth-order valence-corrected chi connectivity index (χ4v) is 3.77. The minimum absolute atomic E-state index is 0.0197. The lowest BCUT2D eigenvalue weighted by molar-refractivity contribution is 0.0607. The highest BCUT2D eigenvalue weighted by molar-refractivity contribution is 7.92. The van der Waals surface area contributed by atoms with Crippen LogP contribution in [-0.2, 0) is 14.8 Å². The number of anilines is 1. The van der Waals surface area contributed by atoms with Crippen molar-refractivity contribution in [3.8, 4) is 0 Å². The number of nitrogens with one attached hydrogen (secondary N) is 1. The molecule has 0 aliphatic heterocycles. The number of methoxy groups -OCH3 is 1. The van der Waals surface area contributed by atoms with Gasteiger partial charge in [-0.3, -0.25) is 4.72 Å². The molecule has 0 bridgehead atoms. The molecule has 0 aliphatic rings. The molecule has 0 saturated carbocycles. The maximum atomic E-state index is 13.8. The van der Waals surface area contributed by atoms with Gasteiger partial charge in [0.1, 0.15) is 9.77 Å². The van der Waals surface area contributed by atoms with Gasteiger partial charge in [0.15, 0.2) is 5.82 Å². The number of carbonyl (C=O) groups excluding carboxylic acids is 1. The van der Waals surface area contributed by atoms with Crippen LogP contribution in [0.1, 0.15) is 9.67 Å². The zero-order valence-corrected chi connectivity index (χ0v) is 13.0. The zero-order chi connectivity index (χ0) is 15.6. The third-order valence-electron chi connectivity index (χ3n) is 2.49. The Morgan fingerprint density at radius 2 is 2.10 bits per heavy atom. The molecule has 9 heteroatoms. The average molecular weight is 350 g/mol. The molecule has 0 unspecified atom stereocenters. The molecule has 1 aromatic carbocycles. The van der Waals surface area contributed by atoms with Crippen LogP contribution in [0.25, 0.3) is 0 Å². The van der Waals surface area contributed by atoms with Crippen molar-refractivity contribution in [3.05, 3.63) is 45.4 Å². The number of carbonyl (C=O) groups is 1. The van der Waals surface area contributed by atoms with Gasteiger partial charge >= 0.3 is 5.97 Å². The summed E-state index contributed by atoms with van der Waals surface area (Å²) in [4.78, 5) is 11.0. The van der Waals surface area contributed by atoms with Crippen molar-refractivity contribution in [2.45, 2.75) is 4.90 Å². The van der Waals surface area contributed by atoms with Gasteiger partial charge in [-0.15, -0.1) is 11.3 Å². The Balaban J connectivity index is 2.41. The largest absolute Gasteiger partial charge is 0.465 e. The minimum atomic E-state index is -4.21. The van der Waals surface area contributed by atoms with E-state index in [1.165, 1.54) is 30.7 Å². The summed E-state index contributed by atoms with van der Waals surface area (Å²) < 4.78 is 44.9. The van der Waals surface area contributed by atoms with Crippen LogP contribution in [0.3, 0.4) is 0 Å². The molecule has 5 nitrogen and oxygen atoms in total. The normalized spacial score (nSPS) is 11.2. The van der Waals surface area contributed by atoms with Crippen LogP contribution >= 0.6 is 22.9 Å². The van der Waals surface area contributed by atoms with E-state index >= 15 is 0 Å². The summed E-state index contributed by atoms with van der Waals surface area (Å²) >= 11 is 6.57. The van der Waals surface area contributed by atoms with Crippen LogP contribution in [0, 0.1) is 5.82 Å². The number of rotatable bonds is 4. The van der Waals surface area contributed by atoms with Crippen LogP contribution in [-0.4, -0.2) is 21.5 Å². The van der Waals surface area contributed by atoms with Gasteiger partial charge in [-0.05, 0) is 23.6 Å². The van der Waals surface area contributed by atoms with E-state index in [0.717, 1.165) is 17.4 Å². The van der Waals surface area contributed by atoms with Gasteiger partial charge in [0, 0.05) is 0 Å². The number of ether oxygens (including phenoxy) is 1. The monoisotopic (exact) mass is 349 g/mol. The lowest BCUT2D eigenvalue weighted by Gasteiger charge is -2.09. The number of esters is 1. The van der Waals surface area contributed by atoms with E-state index in [1.807, 2.05) is 0 Å². The second-order valence-electron chi connectivity index (χ2n) is 3.81. The third-order valence-corrected chi connectivity index (χ3v) is 5.06. The highest BCUT2D eigenvalue weighted by Crippen LogP contribution is 2.28. The summed E-state index contributed by atoms with van der Waals surface area (Å²) in [6.07, 6.45) is 0. The summed E-state index contributed by atoms with van der Waals surface area (Å²) in [5.41, 5.74) is 0.0197. The van der Waals surface area contributed by atoms with Crippen LogP contribution in [0.15, 0.2) is 34.5 Å². The standard InChI is InChI=1S/C12H9ClFNO4S2/c1-19-12(16)11-8(5-6-20-11)15-21(17,18)9-4-2-3-7(13)10(9)14/h2-6,15H,1H3. The Morgan fingerprint density at radius 3 is 2.76 bits per heavy atom. The van der Waals surface area contributed by atoms with E-state index < -0.39 is 26.7 Å². The van der Waals surface area contributed by atoms with E-state index in [4.69, 9.17) is 11.6 Å². The van der Waals surface area contributed by atoms with Crippen LogP contribution < -0.4 is 4.72 Å². The fourth-order valence-electron chi connectivity index (χ4n) is 1.53. The maximum Gasteiger partial charge on any atom is 0.350 e. The summed E-state index contributed by atoms with van der Waals surface area (Å²) in [5.74, 6) is -1.74. The molecule has 1 N–H and O–H groups in total. The van der Waals surface area contributed by atoms with Gasteiger partial charge in [-0.25, -0.2) is 17.6 Å². The van der Waals surface area contributed by atoms with Crippen LogP contribution in [0.5, 0.6) is 0 Å². The SMILES string of the molecule is COC(=O)c1sccc1NS(=O)(=O)c1cccc(Cl)c1F. The summed E-state index contributed by atoms with van der Waals surface area (Å²) in [6, 6.07) is 5.01. The summed E-state index contributed by atoms with van der Waals surface area (Å²) in [7, 11) is -3.03. The Labute approximate surface area is 129 Å². The molecule has 1 heterocycles. The van der Waals surface area contributed by atoms with Crippen molar-refractivity contribution in [1.82, 2.24) is 0 Å². The number of benzene rings is 1. The summed E-state index contributed by atoms with van der Waals surface area (Å²) in [5, 5.41) is 1.20.